The van der Waals surface area contributed by atoms with E-state index in [2.05, 4.69) is 23.9 Å². The number of nitrogen functional groups attached to an aromatic ring is 1. The third-order valence-corrected chi connectivity index (χ3v) is 4.14. The van der Waals surface area contributed by atoms with Gasteiger partial charge in [0.05, 0.1) is 0 Å². The van der Waals surface area contributed by atoms with E-state index in [9.17, 15) is 4.79 Å². The first-order valence-electron chi connectivity index (χ1n) is 6.51. The summed E-state index contributed by atoms with van der Waals surface area (Å²) in [7, 11) is 0. The van der Waals surface area contributed by atoms with Crippen molar-refractivity contribution in [3.8, 4) is 0 Å². The van der Waals surface area contributed by atoms with Crippen LogP contribution >= 0.6 is 0 Å². The summed E-state index contributed by atoms with van der Waals surface area (Å²) < 4.78 is 1.50. The Bertz CT molecular complexity index is 424. The van der Waals surface area contributed by atoms with Crippen molar-refractivity contribution in [2.75, 3.05) is 18.8 Å². The number of anilines is 1. The summed E-state index contributed by atoms with van der Waals surface area (Å²) in [4.78, 5) is 17.9. The molecular weight excluding hydrogens is 230 g/mol. The molecule has 0 saturated carbocycles. The number of likely N-dealkylation sites (tertiary alicyclic amines) is 1. The summed E-state index contributed by atoms with van der Waals surface area (Å²) in [5.74, 6) is 0.310. The van der Waals surface area contributed by atoms with Crippen molar-refractivity contribution < 1.29 is 4.79 Å². The number of hydrogen-bond acceptors (Lipinski definition) is 4. The highest BCUT2D eigenvalue weighted by atomic mass is 16.2. The van der Waals surface area contributed by atoms with Gasteiger partial charge in [0.1, 0.15) is 12.9 Å². The van der Waals surface area contributed by atoms with Crippen molar-refractivity contribution >= 4 is 11.9 Å². The molecule has 0 radical (unpaired) electrons. The zero-order valence-electron chi connectivity index (χ0n) is 11.1. The number of nitrogens with two attached hydrogens (primary N) is 1. The van der Waals surface area contributed by atoms with E-state index in [0.29, 0.717) is 5.41 Å². The number of rotatable bonds is 4. The van der Waals surface area contributed by atoms with Crippen LogP contribution < -0.4 is 5.73 Å². The fraction of sp³-hybridized carbons (Fsp3) is 0.750. The largest absolute Gasteiger partial charge is 0.367 e. The van der Waals surface area contributed by atoms with Crippen LogP contribution in [-0.2, 0) is 11.3 Å². The lowest BCUT2D eigenvalue weighted by Crippen LogP contribution is -2.34. The molecule has 0 unspecified atom stereocenters. The van der Waals surface area contributed by atoms with Crippen LogP contribution in [0.1, 0.15) is 33.1 Å². The molecule has 2 N–H and O–H groups in total. The standard InChI is InChI=1S/C12H21N5O/c1-3-12(4-2)5-6-16(8-12)10(18)7-17-9-14-11(13)15-17/h9H,3-8H2,1-2H3,(H2,13,15). The predicted molar refractivity (Wildman–Crippen MR) is 68.6 cm³/mol. The van der Waals surface area contributed by atoms with Gasteiger partial charge in [-0.2, -0.15) is 0 Å². The van der Waals surface area contributed by atoms with Gasteiger partial charge >= 0.3 is 0 Å². The van der Waals surface area contributed by atoms with E-state index >= 15 is 0 Å². The molecule has 0 atom stereocenters. The maximum Gasteiger partial charge on any atom is 0.244 e. The van der Waals surface area contributed by atoms with Crippen LogP contribution in [0.15, 0.2) is 6.33 Å². The summed E-state index contributed by atoms with van der Waals surface area (Å²) in [6.45, 7) is 6.35. The van der Waals surface area contributed by atoms with Crippen molar-refractivity contribution in [1.29, 1.82) is 0 Å². The highest BCUT2D eigenvalue weighted by Gasteiger charge is 2.36. The molecule has 1 fully saturated rings. The Morgan fingerprint density at radius 2 is 2.22 bits per heavy atom. The van der Waals surface area contributed by atoms with Crippen LogP contribution in [0, 0.1) is 5.41 Å². The zero-order chi connectivity index (χ0) is 13.2. The van der Waals surface area contributed by atoms with Crippen LogP contribution in [0.25, 0.3) is 0 Å². The lowest BCUT2D eigenvalue weighted by Gasteiger charge is -2.26. The first kappa shape index (κ1) is 12.9. The SMILES string of the molecule is CCC1(CC)CCN(C(=O)Cn2cnc(N)n2)C1. The molecule has 0 bridgehead atoms. The fourth-order valence-corrected chi connectivity index (χ4v) is 2.60. The second-order valence-electron chi connectivity index (χ2n) is 5.07. The molecule has 1 aromatic heterocycles. The molecule has 100 valence electrons. The van der Waals surface area contributed by atoms with Crippen molar-refractivity contribution in [2.24, 2.45) is 5.41 Å². The molecule has 1 aromatic rings. The third kappa shape index (κ3) is 2.47. The van der Waals surface area contributed by atoms with Crippen molar-refractivity contribution in [1.82, 2.24) is 19.7 Å². The molecule has 1 aliphatic rings. The van der Waals surface area contributed by atoms with E-state index < -0.39 is 0 Å². The van der Waals surface area contributed by atoms with Crippen LogP contribution in [-0.4, -0.2) is 38.7 Å². The van der Waals surface area contributed by atoms with Crippen molar-refractivity contribution in [2.45, 2.75) is 39.7 Å². The highest BCUT2D eigenvalue weighted by Crippen LogP contribution is 2.36. The van der Waals surface area contributed by atoms with Gasteiger partial charge in [0.25, 0.3) is 0 Å². The predicted octanol–water partition coefficient (Wildman–Crippen LogP) is 0.899. The van der Waals surface area contributed by atoms with E-state index in [4.69, 9.17) is 5.73 Å². The van der Waals surface area contributed by atoms with E-state index in [-0.39, 0.29) is 18.4 Å². The van der Waals surface area contributed by atoms with E-state index in [0.717, 1.165) is 32.4 Å². The van der Waals surface area contributed by atoms with Crippen LogP contribution in [0.5, 0.6) is 0 Å². The molecule has 1 aliphatic heterocycles. The third-order valence-electron chi connectivity index (χ3n) is 4.14. The van der Waals surface area contributed by atoms with Gasteiger partial charge in [-0.15, -0.1) is 5.10 Å². The average molecular weight is 251 g/mol. The first-order valence-corrected chi connectivity index (χ1v) is 6.51. The molecule has 2 rings (SSSR count). The number of hydrogen-bond donors (Lipinski definition) is 1. The molecule has 0 aromatic carbocycles. The topological polar surface area (TPSA) is 77.0 Å². The van der Waals surface area contributed by atoms with Gasteiger partial charge in [0.2, 0.25) is 11.9 Å². The van der Waals surface area contributed by atoms with E-state index in [1.54, 1.807) is 0 Å². The maximum absolute atomic E-state index is 12.1. The summed E-state index contributed by atoms with van der Waals surface area (Å²) >= 11 is 0. The first-order chi connectivity index (χ1) is 8.58. The molecule has 1 amide bonds. The zero-order valence-corrected chi connectivity index (χ0v) is 11.1. The molecule has 2 heterocycles. The fourth-order valence-electron chi connectivity index (χ4n) is 2.60. The van der Waals surface area contributed by atoms with Crippen LogP contribution in [0.3, 0.4) is 0 Å². The number of amides is 1. The Labute approximate surface area is 107 Å². The lowest BCUT2D eigenvalue weighted by atomic mass is 9.82. The van der Waals surface area contributed by atoms with Gasteiger partial charge in [0, 0.05) is 13.1 Å². The summed E-state index contributed by atoms with van der Waals surface area (Å²) in [6.07, 6.45) is 4.86. The Morgan fingerprint density at radius 3 is 2.72 bits per heavy atom. The Hall–Kier alpha value is -1.59. The van der Waals surface area contributed by atoms with Gasteiger partial charge < -0.3 is 10.6 Å². The van der Waals surface area contributed by atoms with Gasteiger partial charge in [-0.25, -0.2) is 9.67 Å². The Morgan fingerprint density at radius 1 is 1.50 bits per heavy atom. The van der Waals surface area contributed by atoms with Gasteiger partial charge in [-0.05, 0) is 24.7 Å². The minimum Gasteiger partial charge on any atom is -0.367 e. The Kier molecular flexibility index (Phi) is 3.54. The molecule has 1 saturated heterocycles. The smallest absolute Gasteiger partial charge is 0.244 e. The van der Waals surface area contributed by atoms with Gasteiger partial charge in [0.15, 0.2) is 0 Å². The molecule has 0 spiro atoms. The second kappa shape index (κ2) is 4.96. The highest BCUT2D eigenvalue weighted by molar-refractivity contribution is 5.76. The van der Waals surface area contributed by atoms with E-state index in [1.807, 2.05) is 4.90 Å². The number of aromatic nitrogens is 3. The van der Waals surface area contributed by atoms with Crippen LogP contribution in [0.4, 0.5) is 5.95 Å². The molecule has 6 nitrogen and oxygen atoms in total. The monoisotopic (exact) mass is 251 g/mol. The second-order valence-corrected chi connectivity index (χ2v) is 5.07. The minimum absolute atomic E-state index is 0.101. The normalized spacial score (nSPS) is 18.2. The lowest BCUT2D eigenvalue weighted by molar-refractivity contribution is -0.131. The van der Waals surface area contributed by atoms with Crippen molar-refractivity contribution in [3.05, 3.63) is 6.33 Å². The number of nitrogens with zero attached hydrogens (tertiary/aromatic N) is 4. The molecule has 0 aliphatic carbocycles. The van der Waals surface area contributed by atoms with Gasteiger partial charge in [-0.1, -0.05) is 13.8 Å². The summed E-state index contributed by atoms with van der Waals surface area (Å²) in [5, 5.41) is 3.93. The number of carbonyl (C=O) groups excluding carboxylic acids is 1. The Balaban J connectivity index is 1.95. The number of carbonyl (C=O) groups is 1. The average Bonchev–Trinajstić information content (AvgIpc) is 2.96. The maximum atomic E-state index is 12.1. The van der Waals surface area contributed by atoms with Crippen LogP contribution in [0.2, 0.25) is 0 Å². The minimum atomic E-state index is 0.101. The summed E-state index contributed by atoms with van der Waals surface area (Å²) in [5.41, 5.74) is 5.74. The molecular formula is C12H21N5O. The summed E-state index contributed by atoms with van der Waals surface area (Å²) in [6, 6.07) is 0. The molecule has 18 heavy (non-hydrogen) atoms. The van der Waals surface area contributed by atoms with Gasteiger partial charge in [-0.3, -0.25) is 4.79 Å². The van der Waals surface area contributed by atoms with Crippen molar-refractivity contribution in [3.63, 3.8) is 0 Å². The quantitative estimate of drug-likeness (QED) is 0.862. The molecule has 6 heteroatoms. The van der Waals surface area contributed by atoms with E-state index in [1.165, 1.54) is 11.0 Å².